The predicted molar refractivity (Wildman–Crippen MR) is 92.7 cm³/mol. The van der Waals surface area contributed by atoms with E-state index in [9.17, 15) is 19.3 Å². The molecule has 0 spiro atoms. The Morgan fingerprint density at radius 3 is 2.56 bits per heavy atom. The molecule has 134 valence electrons. The highest BCUT2D eigenvalue weighted by Crippen LogP contribution is 2.27. The third kappa shape index (κ3) is 3.25. The van der Waals surface area contributed by atoms with Crippen molar-refractivity contribution in [2.45, 2.75) is 0 Å². The number of carbonyl (C=O) groups excluding carboxylic acids is 1. The molecule has 4 rings (SSSR count). The standard InChI is InChI=1S/C18H10FN3O5/c19-11-3-1-10(2-4-11)18-21-13-9-12(5-6-14(13)27-18)20-17(23)15-7-8-16(26-15)22(24)25/h1-9H,(H,20,23). The molecule has 4 aromatic rings. The van der Waals surface area contributed by atoms with E-state index in [0.717, 1.165) is 6.07 Å². The van der Waals surface area contributed by atoms with Gasteiger partial charge in [0.25, 0.3) is 5.91 Å². The number of anilines is 1. The lowest BCUT2D eigenvalue weighted by molar-refractivity contribution is -0.402. The number of hydrogen-bond acceptors (Lipinski definition) is 6. The van der Waals surface area contributed by atoms with Gasteiger partial charge in [-0.2, -0.15) is 0 Å². The van der Waals surface area contributed by atoms with Crippen LogP contribution in [-0.2, 0) is 0 Å². The number of nitrogens with zero attached hydrogens (tertiary/aromatic N) is 2. The van der Waals surface area contributed by atoms with Gasteiger partial charge >= 0.3 is 5.88 Å². The van der Waals surface area contributed by atoms with Crippen molar-refractivity contribution in [3.63, 3.8) is 0 Å². The fourth-order valence-electron chi connectivity index (χ4n) is 2.46. The van der Waals surface area contributed by atoms with Crippen LogP contribution in [0.5, 0.6) is 0 Å². The monoisotopic (exact) mass is 367 g/mol. The van der Waals surface area contributed by atoms with Crippen LogP contribution in [-0.4, -0.2) is 15.8 Å². The number of aromatic nitrogens is 1. The molecule has 0 unspecified atom stereocenters. The molecule has 8 nitrogen and oxygen atoms in total. The summed E-state index contributed by atoms with van der Waals surface area (Å²) < 4.78 is 23.5. The molecule has 0 saturated carbocycles. The number of benzene rings is 2. The number of nitro groups is 1. The Hall–Kier alpha value is -4.01. The summed E-state index contributed by atoms with van der Waals surface area (Å²) in [6, 6.07) is 12.8. The average Bonchev–Trinajstić information content (AvgIpc) is 3.29. The van der Waals surface area contributed by atoms with Crippen molar-refractivity contribution in [2.75, 3.05) is 5.32 Å². The largest absolute Gasteiger partial charge is 0.436 e. The van der Waals surface area contributed by atoms with Crippen LogP contribution in [0.1, 0.15) is 10.6 Å². The lowest BCUT2D eigenvalue weighted by Gasteiger charge is -2.01. The highest BCUT2D eigenvalue weighted by Gasteiger charge is 2.18. The summed E-state index contributed by atoms with van der Waals surface area (Å²) in [5.41, 5.74) is 1.99. The molecule has 0 atom stereocenters. The first-order valence-electron chi connectivity index (χ1n) is 7.72. The van der Waals surface area contributed by atoms with Gasteiger partial charge in [-0.25, -0.2) is 9.37 Å². The van der Waals surface area contributed by atoms with E-state index in [1.165, 1.54) is 18.2 Å². The van der Waals surface area contributed by atoms with Crippen molar-refractivity contribution < 1.29 is 22.9 Å². The zero-order valence-electron chi connectivity index (χ0n) is 13.5. The molecule has 0 aliphatic rings. The van der Waals surface area contributed by atoms with Gasteiger partial charge in [-0.05, 0) is 48.5 Å². The van der Waals surface area contributed by atoms with Crippen LogP contribution >= 0.6 is 0 Å². The number of carbonyl (C=O) groups is 1. The molecule has 0 saturated heterocycles. The first-order valence-corrected chi connectivity index (χ1v) is 7.72. The Labute approximate surface area is 150 Å². The number of fused-ring (bicyclic) bond motifs is 1. The van der Waals surface area contributed by atoms with Crippen molar-refractivity contribution in [3.05, 3.63) is 76.3 Å². The Bertz CT molecular complexity index is 1160. The molecule has 0 aliphatic heterocycles. The summed E-state index contributed by atoms with van der Waals surface area (Å²) in [6.07, 6.45) is 0. The van der Waals surface area contributed by atoms with E-state index in [1.807, 2.05) is 0 Å². The molecule has 2 heterocycles. The summed E-state index contributed by atoms with van der Waals surface area (Å²) in [5, 5.41) is 13.2. The fraction of sp³-hybridized carbons (Fsp3) is 0. The second kappa shape index (κ2) is 6.37. The van der Waals surface area contributed by atoms with E-state index >= 15 is 0 Å². The van der Waals surface area contributed by atoms with E-state index in [4.69, 9.17) is 8.83 Å². The minimum absolute atomic E-state index is 0.186. The van der Waals surface area contributed by atoms with Gasteiger partial charge in [0.1, 0.15) is 16.3 Å². The minimum atomic E-state index is -0.727. The van der Waals surface area contributed by atoms with Crippen molar-refractivity contribution >= 4 is 28.6 Å². The fourth-order valence-corrected chi connectivity index (χ4v) is 2.46. The minimum Gasteiger partial charge on any atom is -0.436 e. The van der Waals surface area contributed by atoms with Crippen LogP contribution in [0.25, 0.3) is 22.6 Å². The molecule has 0 radical (unpaired) electrons. The zero-order valence-corrected chi connectivity index (χ0v) is 13.5. The van der Waals surface area contributed by atoms with Gasteiger partial charge in [0.2, 0.25) is 5.89 Å². The second-order valence-corrected chi connectivity index (χ2v) is 5.56. The molecular weight excluding hydrogens is 357 g/mol. The first kappa shape index (κ1) is 16.5. The van der Waals surface area contributed by atoms with Gasteiger partial charge in [-0.15, -0.1) is 0 Å². The third-order valence-corrected chi connectivity index (χ3v) is 3.73. The van der Waals surface area contributed by atoms with Crippen molar-refractivity contribution in [1.82, 2.24) is 4.98 Å². The van der Waals surface area contributed by atoms with Gasteiger partial charge < -0.3 is 14.2 Å². The number of halogens is 1. The van der Waals surface area contributed by atoms with Gasteiger partial charge in [0.15, 0.2) is 11.3 Å². The zero-order chi connectivity index (χ0) is 19.0. The number of nitrogens with one attached hydrogen (secondary N) is 1. The Morgan fingerprint density at radius 1 is 1.07 bits per heavy atom. The maximum absolute atomic E-state index is 13.0. The van der Waals surface area contributed by atoms with E-state index in [0.29, 0.717) is 28.2 Å². The van der Waals surface area contributed by atoms with Crippen LogP contribution in [0.15, 0.2) is 63.4 Å². The number of oxazole rings is 1. The maximum Gasteiger partial charge on any atom is 0.433 e. The van der Waals surface area contributed by atoms with E-state index in [-0.39, 0.29) is 11.6 Å². The highest BCUT2D eigenvalue weighted by atomic mass is 19.1. The van der Waals surface area contributed by atoms with Crippen LogP contribution in [0.4, 0.5) is 16.0 Å². The molecule has 9 heteroatoms. The van der Waals surface area contributed by atoms with E-state index < -0.39 is 16.7 Å². The van der Waals surface area contributed by atoms with Crippen LogP contribution in [0.3, 0.4) is 0 Å². The lowest BCUT2D eigenvalue weighted by atomic mass is 10.2. The molecule has 0 fully saturated rings. The van der Waals surface area contributed by atoms with Crippen LogP contribution in [0.2, 0.25) is 0 Å². The normalized spacial score (nSPS) is 10.9. The molecule has 1 amide bonds. The topological polar surface area (TPSA) is 111 Å². The SMILES string of the molecule is O=C(Nc1ccc2oc(-c3ccc(F)cc3)nc2c1)c1ccc([N+](=O)[O-])o1. The van der Waals surface area contributed by atoms with Crippen molar-refractivity contribution in [1.29, 1.82) is 0 Å². The van der Waals surface area contributed by atoms with Gasteiger partial charge in [0.05, 0.1) is 6.07 Å². The summed E-state index contributed by atoms with van der Waals surface area (Å²) in [6.45, 7) is 0. The molecule has 2 aromatic carbocycles. The molecule has 2 aromatic heterocycles. The molecule has 27 heavy (non-hydrogen) atoms. The smallest absolute Gasteiger partial charge is 0.433 e. The Balaban J connectivity index is 1.58. The summed E-state index contributed by atoms with van der Waals surface area (Å²) >= 11 is 0. The van der Waals surface area contributed by atoms with Crippen LogP contribution < -0.4 is 5.32 Å². The molecular formula is C18H10FN3O5. The van der Waals surface area contributed by atoms with Crippen molar-refractivity contribution in [2.24, 2.45) is 0 Å². The average molecular weight is 367 g/mol. The van der Waals surface area contributed by atoms with Crippen LogP contribution in [0, 0.1) is 15.9 Å². The van der Waals surface area contributed by atoms with E-state index in [1.54, 1.807) is 30.3 Å². The summed E-state index contributed by atoms with van der Waals surface area (Å²) in [4.78, 5) is 26.4. The number of furan rings is 1. The quantitative estimate of drug-likeness (QED) is 0.423. The predicted octanol–water partition coefficient (Wildman–Crippen LogP) is 4.39. The molecule has 0 aliphatic carbocycles. The van der Waals surface area contributed by atoms with Gasteiger partial charge in [-0.3, -0.25) is 14.9 Å². The molecule has 0 bridgehead atoms. The first-order chi connectivity index (χ1) is 13.0. The number of rotatable bonds is 4. The second-order valence-electron chi connectivity index (χ2n) is 5.56. The van der Waals surface area contributed by atoms with E-state index in [2.05, 4.69) is 10.3 Å². The number of hydrogen-bond donors (Lipinski definition) is 1. The highest BCUT2D eigenvalue weighted by molar-refractivity contribution is 6.03. The van der Waals surface area contributed by atoms with Gasteiger partial charge in [0, 0.05) is 11.3 Å². The molecule has 1 N–H and O–H groups in total. The lowest BCUT2D eigenvalue weighted by Crippen LogP contribution is -2.10. The summed E-state index contributed by atoms with van der Waals surface area (Å²) in [7, 11) is 0. The Morgan fingerprint density at radius 2 is 1.85 bits per heavy atom. The van der Waals surface area contributed by atoms with Crippen molar-refractivity contribution in [3.8, 4) is 11.5 Å². The van der Waals surface area contributed by atoms with Gasteiger partial charge in [-0.1, -0.05) is 0 Å². The Kier molecular flexibility index (Phi) is 3.88. The summed E-state index contributed by atoms with van der Waals surface area (Å²) in [5.74, 6) is -1.39. The number of amides is 1. The third-order valence-electron chi connectivity index (χ3n) is 3.73. The maximum atomic E-state index is 13.0.